The average Bonchev–Trinajstić information content (AvgIpc) is 2.87. The van der Waals surface area contributed by atoms with E-state index >= 15 is 0 Å². The van der Waals surface area contributed by atoms with Crippen LogP contribution in [-0.4, -0.2) is 35.7 Å². The van der Waals surface area contributed by atoms with E-state index in [1.54, 1.807) is 30.3 Å². The molecule has 1 aliphatic heterocycles. The van der Waals surface area contributed by atoms with Crippen LogP contribution in [0.15, 0.2) is 60.7 Å². The van der Waals surface area contributed by atoms with Gasteiger partial charge in [-0.25, -0.2) is 4.39 Å². The molecular formula is C31H34FNO5. The van der Waals surface area contributed by atoms with Gasteiger partial charge in [0.25, 0.3) is 5.91 Å². The summed E-state index contributed by atoms with van der Waals surface area (Å²) in [6, 6.07) is 17.8. The first-order chi connectivity index (χ1) is 18.2. The van der Waals surface area contributed by atoms with Gasteiger partial charge in [0, 0.05) is 30.7 Å². The van der Waals surface area contributed by atoms with E-state index in [0.717, 1.165) is 11.1 Å². The third kappa shape index (κ3) is 7.19. The number of aliphatic carboxylic acids is 1. The molecule has 1 aliphatic rings. The molecule has 3 aromatic rings. The lowest BCUT2D eigenvalue weighted by molar-refractivity contribution is -0.136. The standard InChI is InChI=1S/C31H34FNO5/c1-21-17-22(2)19-26(18-21)38-25-9-7-23(8-10-29(34)35)27(20-25)30(36)33-31(13-15-37-16-14-31)12-11-24-5-3-4-6-28(24)32/h3-7,9,17-20H,8,10-16H2,1-2H3,(H,33,36)(H,34,35). The summed E-state index contributed by atoms with van der Waals surface area (Å²) in [6.45, 7) is 4.98. The largest absolute Gasteiger partial charge is 0.481 e. The second-order valence-electron chi connectivity index (χ2n) is 10.1. The summed E-state index contributed by atoms with van der Waals surface area (Å²) in [7, 11) is 0. The first kappa shape index (κ1) is 27.3. The summed E-state index contributed by atoms with van der Waals surface area (Å²) in [5.74, 6) is -0.331. The van der Waals surface area contributed by atoms with E-state index in [2.05, 4.69) is 11.4 Å². The number of nitrogens with one attached hydrogen (secondary N) is 1. The normalized spacial score (nSPS) is 14.6. The lowest BCUT2D eigenvalue weighted by atomic mass is 9.83. The molecule has 4 rings (SSSR count). The van der Waals surface area contributed by atoms with Crippen LogP contribution in [0.5, 0.6) is 11.5 Å². The molecule has 200 valence electrons. The van der Waals surface area contributed by atoms with Crippen LogP contribution in [0.4, 0.5) is 4.39 Å². The number of amides is 1. The number of ether oxygens (including phenoxy) is 2. The molecule has 3 aromatic carbocycles. The van der Waals surface area contributed by atoms with Gasteiger partial charge in [0.15, 0.2) is 0 Å². The number of carboxylic acids is 1. The van der Waals surface area contributed by atoms with Crippen molar-refractivity contribution in [3.8, 4) is 11.5 Å². The molecule has 0 radical (unpaired) electrons. The van der Waals surface area contributed by atoms with E-state index in [9.17, 15) is 19.1 Å². The zero-order valence-electron chi connectivity index (χ0n) is 21.9. The summed E-state index contributed by atoms with van der Waals surface area (Å²) in [6.07, 6.45) is 2.38. The molecule has 0 saturated carbocycles. The Bertz CT molecular complexity index is 1280. The van der Waals surface area contributed by atoms with Crippen LogP contribution in [0.3, 0.4) is 0 Å². The minimum absolute atomic E-state index is 0.0934. The number of benzene rings is 3. The van der Waals surface area contributed by atoms with Gasteiger partial charge >= 0.3 is 5.97 Å². The minimum atomic E-state index is -0.933. The summed E-state index contributed by atoms with van der Waals surface area (Å²) < 4.78 is 26.0. The van der Waals surface area contributed by atoms with Crippen molar-refractivity contribution in [1.82, 2.24) is 5.32 Å². The lowest BCUT2D eigenvalue weighted by Crippen LogP contribution is -2.52. The van der Waals surface area contributed by atoms with Crippen LogP contribution in [0.1, 0.15) is 58.3 Å². The lowest BCUT2D eigenvalue weighted by Gasteiger charge is -2.38. The highest BCUT2D eigenvalue weighted by Crippen LogP contribution is 2.30. The Balaban J connectivity index is 1.60. The smallest absolute Gasteiger partial charge is 0.303 e. The van der Waals surface area contributed by atoms with Gasteiger partial charge in [-0.3, -0.25) is 9.59 Å². The van der Waals surface area contributed by atoms with E-state index in [-0.39, 0.29) is 24.6 Å². The first-order valence-corrected chi connectivity index (χ1v) is 13.0. The van der Waals surface area contributed by atoms with Crippen LogP contribution in [-0.2, 0) is 22.4 Å². The Morgan fingerprint density at radius 3 is 2.34 bits per heavy atom. The predicted octanol–water partition coefficient (Wildman–Crippen LogP) is 6.16. The Hall–Kier alpha value is -3.71. The molecule has 1 amide bonds. The molecule has 1 fully saturated rings. The second kappa shape index (κ2) is 12.2. The van der Waals surface area contributed by atoms with Crippen LogP contribution >= 0.6 is 0 Å². The third-order valence-electron chi connectivity index (χ3n) is 7.02. The van der Waals surface area contributed by atoms with Crippen LogP contribution in [0.25, 0.3) is 0 Å². The fourth-order valence-electron chi connectivity index (χ4n) is 5.00. The number of carbonyl (C=O) groups excluding carboxylic acids is 1. The minimum Gasteiger partial charge on any atom is -0.481 e. The summed E-state index contributed by atoms with van der Waals surface area (Å²) in [5, 5.41) is 12.5. The second-order valence-corrected chi connectivity index (χ2v) is 10.1. The summed E-state index contributed by atoms with van der Waals surface area (Å²) in [4.78, 5) is 25.0. The molecule has 0 spiro atoms. The predicted molar refractivity (Wildman–Crippen MR) is 143 cm³/mol. The van der Waals surface area contributed by atoms with Crippen molar-refractivity contribution in [2.75, 3.05) is 13.2 Å². The number of halogens is 1. The van der Waals surface area contributed by atoms with Gasteiger partial charge < -0.3 is 19.9 Å². The molecule has 2 N–H and O–H groups in total. The fourth-order valence-corrected chi connectivity index (χ4v) is 5.00. The summed E-state index contributed by atoms with van der Waals surface area (Å²) in [5.41, 5.74) is 3.18. The van der Waals surface area contributed by atoms with Gasteiger partial charge in [-0.2, -0.15) is 0 Å². The van der Waals surface area contributed by atoms with Crippen molar-refractivity contribution in [3.63, 3.8) is 0 Å². The Kier molecular flexibility index (Phi) is 8.79. The maximum absolute atomic E-state index is 14.3. The molecule has 0 aliphatic carbocycles. The number of carboxylic acid groups (broad SMARTS) is 1. The number of hydrogen-bond donors (Lipinski definition) is 2. The molecule has 7 heteroatoms. The van der Waals surface area contributed by atoms with Crippen molar-refractivity contribution in [2.24, 2.45) is 0 Å². The molecule has 1 saturated heterocycles. The van der Waals surface area contributed by atoms with Gasteiger partial charge in [-0.05, 0) is 98.5 Å². The van der Waals surface area contributed by atoms with Gasteiger partial charge in [0.05, 0.1) is 0 Å². The van der Waals surface area contributed by atoms with Crippen LogP contribution in [0, 0.1) is 19.7 Å². The number of aryl methyl sites for hydroxylation is 4. The van der Waals surface area contributed by atoms with Crippen molar-refractivity contribution >= 4 is 11.9 Å². The summed E-state index contributed by atoms with van der Waals surface area (Å²) >= 11 is 0. The van der Waals surface area contributed by atoms with Crippen molar-refractivity contribution in [2.45, 2.75) is 57.9 Å². The van der Waals surface area contributed by atoms with Crippen LogP contribution in [0.2, 0.25) is 0 Å². The Labute approximate surface area is 222 Å². The first-order valence-electron chi connectivity index (χ1n) is 13.0. The molecule has 0 unspecified atom stereocenters. The van der Waals surface area contributed by atoms with Crippen molar-refractivity contribution in [1.29, 1.82) is 0 Å². The van der Waals surface area contributed by atoms with E-state index in [1.165, 1.54) is 6.07 Å². The van der Waals surface area contributed by atoms with Gasteiger partial charge in [-0.15, -0.1) is 0 Å². The molecule has 6 nitrogen and oxygen atoms in total. The van der Waals surface area contributed by atoms with E-state index in [4.69, 9.17) is 9.47 Å². The maximum Gasteiger partial charge on any atom is 0.303 e. The third-order valence-corrected chi connectivity index (χ3v) is 7.02. The maximum atomic E-state index is 14.3. The van der Waals surface area contributed by atoms with Gasteiger partial charge in [-0.1, -0.05) is 30.3 Å². The zero-order valence-corrected chi connectivity index (χ0v) is 21.9. The number of hydrogen-bond acceptors (Lipinski definition) is 4. The van der Waals surface area contributed by atoms with Crippen molar-refractivity contribution in [3.05, 3.63) is 94.3 Å². The highest BCUT2D eigenvalue weighted by molar-refractivity contribution is 5.96. The fraction of sp³-hybridized carbons (Fsp3) is 0.355. The topological polar surface area (TPSA) is 84.9 Å². The Morgan fingerprint density at radius 2 is 1.66 bits per heavy atom. The molecule has 1 heterocycles. The molecule has 0 bridgehead atoms. The number of rotatable bonds is 10. The van der Waals surface area contributed by atoms with E-state index in [0.29, 0.717) is 67.1 Å². The van der Waals surface area contributed by atoms with Gasteiger partial charge in [0.2, 0.25) is 0 Å². The SMILES string of the molecule is Cc1cc(C)cc(Oc2ccc(CCC(=O)O)c(C(=O)NC3(CCc4ccccc4F)CCOCC3)c2)c1. The quantitative estimate of drug-likeness (QED) is 0.335. The molecular weight excluding hydrogens is 485 g/mol. The zero-order chi connectivity index (χ0) is 27.1. The Morgan fingerprint density at radius 1 is 0.947 bits per heavy atom. The van der Waals surface area contributed by atoms with Gasteiger partial charge in [0.1, 0.15) is 17.3 Å². The van der Waals surface area contributed by atoms with E-state index < -0.39 is 11.5 Å². The van der Waals surface area contributed by atoms with Crippen molar-refractivity contribution < 1.29 is 28.6 Å². The highest BCUT2D eigenvalue weighted by Gasteiger charge is 2.35. The van der Waals surface area contributed by atoms with Crippen LogP contribution < -0.4 is 10.1 Å². The number of carbonyl (C=O) groups is 2. The highest BCUT2D eigenvalue weighted by atomic mass is 19.1. The molecule has 38 heavy (non-hydrogen) atoms. The average molecular weight is 520 g/mol. The monoisotopic (exact) mass is 519 g/mol. The van der Waals surface area contributed by atoms with E-state index in [1.807, 2.05) is 32.0 Å². The molecule has 0 atom stereocenters. The molecule has 0 aromatic heterocycles.